The van der Waals surface area contributed by atoms with Crippen molar-refractivity contribution in [2.75, 3.05) is 33.5 Å². The van der Waals surface area contributed by atoms with Crippen LogP contribution in [-0.4, -0.2) is 50.6 Å². The average molecular weight is 422 g/mol. The second-order valence-corrected chi connectivity index (χ2v) is 7.10. The molecule has 0 radical (unpaired) electrons. The molecule has 6 nitrogen and oxygen atoms in total. The van der Waals surface area contributed by atoms with Gasteiger partial charge in [-0.2, -0.15) is 0 Å². The van der Waals surface area contributed by atoms with Crippen LogP contribution in [0.4, 0.5) is 0 Å². The molecule has 0 spiro atoms. The Morgan fingerprint density at radius 2 is 1.97 bits per heavy atom. The van der Waals surface area contributed by atoms with Crippen LogP contribution in [0.25, 0.3) is 0 Å². The van der Waals surface area contributed by atoms with Gasteiger partial charge in [0, 0.05) is 17.6 Å². The van der Waals surface area contributed by atoms with E-state index in [2.05, 4.69) is 17.0 Å². The smallest absolute Gasteiger partial charge is 0.343 e. The van der Waals surface area contributed by atoms with E-state index < -0.39 is 5.97 Å². The molecule has 0 heterocycles. The molecule has 2 aromatic carbocycles. The minimum absolute atomic E-state index is 0.0307. The van der Waals surface area contributed by atoms with E-state index in [-0.39, 0.29) is 32.0 Å². The topological polar surface area (TPSA) is 77.0 Å². The van der Waals surface area contributed by atoms with Crippen LogP contribution in [-0.2, 0) is 20.7 Å². The van der Waals surface area contributed by atoms with Gasteiger partial charge in [-0.25, -0.2) is 4.79 Å². The van der Waals surface area contributed by atoms with E-state index in [0.717, 1.165) is 17.5 Å². The highest BCUT2D eigenvalue weighted by Crippen LogP contribution is 2.21. The Morgan fingerprint density at radius 1 is 1.21 bits per heavy atom. The molecular formula is C22H28ClNO5. The van der Waals surface area contributed by atoms with Gasteiger partial charge in [-0.3, -0.25) is 0 Å². The quantitative estimate of drug-likeness (QED) is 0.513. The van der Waals surface area contributed by atoms with E-state index in [0.29, 0.717) is 17.3 Å². The second-order valence-electron chi connectivity index (χ2n) is 6.66. The lowest BCUT2D eigenvalue weighted by Gasteiger charge is -2.22. The molecule has 2 atom stereocenters. The van der Waals surface area contributed by atoms with E-state index in [1.807, 2.05) is 48.5 Å². The lowest BCUT2D eigenvalue weighted by molar-refractivity contribution is -0.142. The standard InChI is InChI=1S/C22H28ClNO5/c1-16(12-17-6-8-20(9-7-17)29-15-22(26)27-2)24-14-21(28-11-10-25)18-4-3-5-19(23)13-18/h3-9,13,16,21,24-25H,10-12,14-15H2,1-2H3. The summed E-state index contributed by atoms with van der Waals surface area (Å²) in [6, 6.07) is 15.4. The van der Waals surface area contributed by atoms with Gasteiger partial charge in [0.1, 0.15) is 5.75 Å². The number of aliphatic hydroxyl groups excluding tert-OH is 1. The summed E-state index contributed by atoms with van der Waals surface area (Å²) in [4.78, 5) is 11.1. The Balaban J connectivity index is 1.86. The van der Waals surface area contributed by atoms with Crippen molar-refractivity contribution in [2.24, 2.45) is 0 Å². The fourth-order valence-corrected chi connectivity index (χ4v) is 3.03. The zero-order chi connectivity index (χ0) is 21.1. The summed E-state index contributed by atoms with van der Waals surface area (Å²) in [5, 5.41) is 13.2. The number of halogens is 1. The summed E-state index contributed by atoms with van der Waals surface area (Å²) in [6.45, 7) is 2.83. The molecule has 2 rings (SSSR count). The third-order valence-corrected chi connectivity index (χ3v) is 4.57. The van der Waals surface area contributed by atoms with Gasteiger partial charge in [0.2, 0.25) is 0 Å². The van der Waals surface area contributed by atoms with Crippen LogP contribution in [0.1, 0.15) is 24.2 Å². The van der Waals surface area contributed by atoms with Crippen molar-refractivity contribution >= 4 is 17.6 Å². The first-order valence-corrected chi connectivity index (χ1v) is 9.89. The Morgan fingerprint density at radius 3 is 2.62 bits per heavy atom. The van der Waals surface area contributed by atoms with Crippen molar-refractivity contribution < 1.29 is 24.1 Å². The lowest BCUT2D eigenvalue weighted by Crippen LogP contribution is -2.33. The highest BCUT2D eigenvalue weighted by atomic mass is 35.5. The number of carbonyl (C=O) groups excluding carboxylic acids is 1. The first-order chi connectivity index (χ1) is 14.0. The number of aliphatic hydroxyl groups is 1. The van der Waals surface area contributed by atoms with Gasteiger partial charge >= 0.3 is 5.97 Å². The molecule has 158 valence electrons. The van der Waals surface area contributed by atoms with E-state index in [4.69, 9.17) is 26.2 Å². The van der Waals surface area contributed by atoms with Gasteiger partial charge in [-0.1, -0.05) is 35.9 Å². The van der Waals surface area contributed by atoms with Crippen LogP contribution in [0.3, 0.4) is 0 Å². The summed E-state index contributed by atoms with van der Waals surface area (Å²) in [5.41, 5.74) is 2.11. The Labute approximate surface area is 176 Å². The molecule has 2 unspecified atom stereocenters. The first kappa shape index (κ1) is 23.2. The average Bonchev–Trinajstić information content (AvgIpc) is 2.73. The molecule has 0 aliphatic heterocycles. The maximum Gasteiger partial charge on any atom is 0.343 e. The molecule has 0 aromatic heterocycles. The Kier molecular flexibility index (Phi) is 9.94. The molecule has 7 heteroatoms. The molecule has 0 bridgehead atoms. The first-order valence-electron chi connectivity index (χ1n) is 9.51. The fourth-order valence-electron chi connectivity index (χ4n) is 2.83. The normalized spacial score (nSPS) is 13.0. The Hall–Kier alpha value is -2.12. The zero-order valence-electron chi connectivity index (χ0n) is 16.8. The highest BCUT2D eigenvalue weighted by molar-refractivity contribution is 6.30. The SMILES string of the molecule is COC(=O)COc1ccc(CC(C)NCC(OCCO)c2cccc(Cl)c2)cc1. The van der Waals surface area contributed by atoms with Gasteiger partial charge in [0.05, 0.1) is 26.4 Å². The third-order valence-electron chi connectivity index (χ3n) is 4.33. The number of ether oxygens (including phenoxy) is 3. The lowest BCUT2D eigenvalue weighted by atomic mass is 10.1. The van der Waals surface area contributed by atoms with E-state index in [1.54, 1.807) is 0 Å². The summed E-state index contributed by atoms with van der Waals surface area (Å²) in [6.07, 6.45) is 0.622. The number of carbonyl (C=O) groups is 1. The molecular weight excluding hydrogens is 394 g/mol. The number of esters is 1. The van der Waals surface area contributed by atoms with Gasteiger partial charge in [-0.15, -0.1) is 0 Å². The van der Waals surface area contributed by atoms with Gasteiger partial charge in [0.15, 0.2) is 6.61 Å². The highest BCUT2D eigenvalue weighted by Gasteiger charge is 2.14. The number of benzene rings is 2. The van der Waals surface area contributed by atoms with Crippen LogP contribution in [0.2, 0.25) is 5.02 Å². The fraction of sp³-hybridized carbons (Fsp3) is 0.409. The van der Waals surface area contributed by atoms with Crippen molar-refractivity contribution in [1.29, 1.82) is 0 Å². The second kappa shape index (κ2) is 12.4. The van der Waals surface area contributed by atoms with E-state index >= 15 is 0 Å². The predicted molar refractivity (Wildman–Crippen MR) is 112 cm³/mol. The van der Waals surface area contributed by atoms with Crippen LogP contribution in [0.15, 0.2) is 48.5 Å². The van der Waals surface area contributed by atoms with Crippen LogP contribution in [0.5, 0.6) is 5.75 Å². The van der Waals surface area contributed by atoms with Crippen LogP contribution in [0, 0.1) is 0 Å². The number of nitrogens with one attached hydrogen (secondary N) is 1. The molecule has 2 aromatic rings. The van der Waals surface area contributed by atoms with Crippen LogP contribution < -0.4 is 10.1 Å². The molecule has 0 saturated carbocycles. The molecule has 29 heavy (non-hydrogen) atoms. The molecule has 0 aliphatic rings. The van der Waals surface area contributed by atoms with Crippen molar-refractivity contribution in [3.8, 4) is 5.75 Å². The maximum atomic E-state index is 11.1. The van der Waals surface area contributed by atoms with Crippen molar-refractivity contribution in [3.05, 3.63) is 64.7 Å². The van der Waals surface area contributed by atoms with E-state index in [9.17, 15) is 4.79 Å². The zero-order valence-corrected chi connectivity index (χ0v) is 17.5. The molecule has 0 aliphatic carbocycles. The maximum absolute atomic E-state index is 11.1. The molecule has 0 fully saturated rings. The minimum Gasteiger partial charge on any atom is -0.482 e. The minimum atomic E-state index is -0.412. The van der Waals surface area contributed by atoms with Crippen LogP contribution >= 0.6 is 11.6 Å². The Bertz CT molecular complexity index is 753. The summed E-state index contributed by atoms with van der Waals surface area (Å²) in [5.74, 6) is 0.211. The molecule has 2 N–H and O–H groups in total. The van der Waals surface area contributed by atoms with Crippen molar-refractivity contribution in [2.45, 2.75) is 25.5 Å². The monoisotopic (exact) mass is 421 g/mol. The number of rotatable bonds is 12. The number of methoxy groups -OCH3 is 1. The summed E-state index contributed by atoms with van der Waals surface area (Å²) >= 11 is 6.09. The number of hydrogen-bond acceptors (Lipinski definition) is 6. The van der Waals surface area contributed by atoms with Crippen molar-refractivity contribution in [1.82, 2.24) is 5.32 Å². The molecule has 0 amide bonds. The van der Waals surface area contributed by atoms with Gasteiger partial charge in [0.25, 0.3) is 0 Å². The molecule has 0 saturated heterocycles. The predicted octanol–water partition coefficient (Wildman–Crippen LogP) is 3.16. The van der Waals surface area contributed by atoms with Gasteiger partial charge < -0.3 is 24.6 Å². The van der Waals surface area contributed by atoms with Gasteiger partial charge in [-0.05, 0) is 48.7 Å². The van der Waals surface area contributed by atoms with E-state index in [1.165, 1.54) is 7.11 Å². The largest absolute Gasteiger partial charge is 0.482 e. The van der Waals surface area contributed by atoms with Crippen molar-refractivity contribution in [3.63, 3.8) is 0 Å². The summed E-state index contributed by atoms with van der Waals surface area (Å²) < 4.78 is 15.7. The third kappa shape index (κ3) is 8.41. The number of hydrogen-bond donors (Lipinski definition) is 2. The summed E-state index contributed by atoms with van der Waals surface area (Å²) in [7, 11) is 1.33.